The van der Waals surface area contributed by atoms with Gasteiger partial charge >= 0.3 is 0 Å². The van der Waals surface area contributed by atoms with E-state index in [-0.39, 0.29) is 18.4 Å². The molecule has 0 atom stereocenters. The van der Waals surface area contributed by atoms with Crippen molar-refractivity contribution in [3.8, 4) is 0 Å². The molecule has 5 nitrogen and oxygen atoms in total. The van der Waals surface area contributed by atoms with E-state index in [4.69, 9.17) is 0 Å². The van der Waals surface area contributed by atoms with Crippen molar-refractivity contribution in [2.24, 2.45) is 0 Å². The number of carbonyl (C=O) groups excluding carboxylic acids is 2. The first-order chi connectivity index (χ1) is 13.5. The molecule has 0 aliphatic heterocycles. The van der Waals surface area contributed by atoms with E-state index in [1.807, 2.05) is 66.7 Å². The lowest BCUT2D eigenvalue weighted by Crippen LogP contribution is -2.47. The molecule has 1 aromatic heterocycles. The number of thiophene rings is 1. The Morgan fingerprint density at radius 1 is 0.964 bits per heavy atom. The molecular formula is C21H20BrN3O2S. The number of halogens is 1. The molecule has 0 saturated heterocycles. The van der Waals surface area contributed by atoms with Crippen molar-refractivity contribution in [2.75, 3.05) is 18.6 Å². The van der Waals surface area contributed by atoms with Gasteiger partial charge in [-0.1, -0.05) is 48.5 Å². The lowest BCUT2D eigenvalue weighted by molar-refractivity contribution is -0.121. The van der Waals surface area contributed by atoms with Crippen LogP contribution in [-0.4, -0.2) is 30.3 Å². The highest BCUT2D eigenvalue weighted by atomic mass is 79.9. The molecule has 1 heterocycles. The molecule has 2 aromatic carbocycles. The Morgan fingerprint density at radius 3 is 2.21 bits per heavy atom. The summed E-state index contributed by atoms with van der Waals surface area (Å²) in [6, 6.07) is 23.1. The fourth-order valence-corrected chi connectivity index (χ4v) is 4.04. The van der Waals surface area contributed by atoms with Crippen molar-refractivity contribution in [1.82, 2.24) is 10.3 Å². The largest absolute Gasteiger partial charge is 0.332 e. The SMILES string of the molecule is CN(CC(=O)NN(Cc1ccccc1)c1ccccc1)C(=O)c1ccc(Br)s1. The van der Waals surface area contributed by atoms with Crippen molar-refractivity contribution in [3.05, 3.63) is 87.0 Å². The molecule has 0 spiro atoms. The van der Waals surface area contributed by atoms with Gasteiger partial charge in [0, 0.05) is 7.05 Å². The van der Waals surface area contributed by atoms with Gasteiger partial charge in [0.25, 0.3) is 11.8 Å². The molecular weight excluding hydrogens is 438 g/mol. The number of hydrogen-bond acceptors (Lipinski definition) is 4. The zero-order valence-corrected chi connectivity index (χ0v) is 17.7. The van der Waals surface area contributed by atoms with Gasteiger partial charge in [0.15, 0.2) is 0 Å². The molecule has 144 valence electrons. The van der Waals surface area contributed by atoms with Gasteiger partial charge in [0.2, 0.25) is 0 Å². The third-order valence-electron chi connectivity index (χ3n) is 4.02. The molecule has 0 unspecified atom stereocenters. The van der Waals surface area contributed by atoms with Crippen LogP contribution in [0.25, 0.3) is 0 Å². The van der Waals surface area contributed by atoms with Gasteiger partial charge in [0.1, 0.15) is 6.54 Å². The van der Waals surface area contributed by atoms with E-state index in [1.54, 1.807) is 18.1 Å². The van der Waals surface area contributed by atoms with Gasteiger partial charge in [-0.2, -0.15) is 0 Å². The van der Waals surface area contributed by atoms with Gasteiger partial charge in [-0.05, 0) is 45.8 Å². The summed E-state index contributed by atoms with van der Waals surface area (Å²) in [7, 11) is 1.62. The van der Waals surface area contributed by atoms with E-state index in [9.17, 15) is 9.59 Å². The molecule has 3 rings (SSSR count). The molecule has 28 heavy (non-hydrogen) atoms. The minimum absolute atomic E-state index is 0.0352. The maximum absolute atomic E-state index is 12.6. The molecule has 0 aliphatic rings. The first-order valence-corrected chi connectivity index (χ1v) is 10.3. The number of nitrogens with one attached hydrogen (secondary N) is 1. The number of carbonyl (C=O) groups is 2. The van der Waals surface area contributed by atoms with Gasteiger partial charge in [-0.15, -0.1) is 11.3 Å². The van der Waals surface area contributed by atoms with E-state index in [0.717, 1.165) is 15.0 Å². The van der Waals surface area contributed by atoms with Crippen molar-refractivity contribution >= 4 is 44.8 Å². The topological polar surface area (TPSA) is 52.7 Å². The smallest absolute Gasteiger partial charge is 0.264 e. The van der Waals surface area contributed by atoms with Crippen LogP contribution in [0.5, 0.6) is 0 Å². The highest BCUT2D eigenvalue weighted by molar-refractivity contribution is 9.11. The van der Waals surface area contributed by atoms with Crippen LogP contribution in [0.15, 0.2) is 76.6 Å². The molecule has 0 saturated carbocycles. The number of rotatable bonds is 7. The summed E-state index contributed by atoms with van der Waals surface area (Å²) >= 11 is 4.70. The van der Waals surface area contributed by atoms with Crippen molar-refractivity contribution in [1.29, 1.82) is 0 Å². The highest BCUT2D eigenvalue weighted by Crippen LogP contribution is 2.23. The van der Waals surface area contributed by atoms with E-state index >= 15 is 0 Å². The second-order valence-electron chi connectivity index (χ2n) is 6.21. The third-order valence-corrected chi connectivity index (χ3v) is 5.63. The van der Waals surface area contributed by atoms with Crippen molar-refractivity contribution < 1.29 is 9.59 Å². The molecule has 0 bridgehead atoms. The average molecular weight is 458 g/mol. The molecule has 3 aromatic rings. The second kappa shape index (κ2) is 9.52. The Labute approximate surface area is 176 Å². The lowest BCUT2D eigenvalue weighted by atomic mass is 10.2. The van der Waals surface area contributed by atoms with Crippen LogP contribution < -0.4 is 10.4 Å². The summed E-state index contributed by atoms with van der Waals surface area (Å²) in [6.07, 6.45) is 0. The molecule has 2 amide bonds. The van der Waals surface area contributed by atoms with E-state index in [1.165, 1.54) is 16.2 Å². The van der Waals surface area contributed by atoms with Crippen LogP contribution >= 0.6 is 27.3 Å². The van der Waals surface area contributed by atoms with Crippen LogP contribution in [-0.2, 0) is 11.3 Å². The summed E-state index contributed by atoms with van der Waals surface area (Å²) < 4.78 is 0.881. The Kier molecular flexibility index (Phi) is 6.84. The maximum atomic E-state index is 12.6. The zero-order valence-electron chi connectivity index (χ0n) is 15.3. The highest BCUT2D eigenvalue weighted by Gasteiger charge is 2.18. The fraction of sp³-hybridized carbons (Fsp3) is 0.143. The minimum Gasteiger partial charge on any atom is -0.332 e. The maximum Gasteiger partial charge on any atom is 0.264 e. The van der Waals surface area contributed by atoms with Crippen LogP contribution in [0.1, 0.15) is 15.2 Å². The molecule has 0 radical (unpaired) electrons. The summed E-state index contributed by atoms with van der Waals surface area (Å²) in [5.74, 6) is -0.438. The quantitative estimate of drug-likeness (QED) is 0.537. The second-order valence-corrected chi connectivity index (χ2v) is 8.67. The van der Waals surface area contributed by atoms with Gasteiger partial charge < -0.3 is 4.90 Å². The normalized spacial score (nSPS) is 10.4. The number of benzene rings is 2. The van der Waals surface area contributed by atoms with Gasteiger partial charge in [-0.25, -0.2) is 0 Å². The number of anilines is 1. The Morgan fingerprint density at radius 2 is 1.61 bits per heavy atom. The Bertz CT molecular complexity index is 931. The van der Waals surface area contributed by atoms with Crippen LogP contribution in [0.4, 0.5) is 5.69 Å². The van der Waals surface area contributed by atoms with Crippen molar-refractivity contribution in [3.63, 3.8) is 0 Å². The Balaban J connectivity index is 1.67. The lowest BCUT2D eigenvalue weighted by Gasteiger charge is -2.27. The van der Waals surface area contributed by atoms with Gasteiger partial charge in [0.05, 0.1) is 20.9 Å². The standard InChI is InChI=1S/C21H20BrN3O2S/c1-24(21(27)18-12-13-19(22)28-18)15-20(26)23-25(17-10-6-3-7-11-17)14-16-8-4-2-5-9-16/h2-13H,14-15H2,1H3,(H,23,26). The number of amides is 2. The van der Waals surface area contributed by atoms with E-state index in [2.05, 4.69) is 21.4 Å². The summed E-state index contributed by atoms with van der Waals surface area (Å²) in [5, 5.41) is 1.79. The van der Waals surface area contributed by atoms with Crippen LogP contribution in [0.3, 0.4) is 0 Å². The van der Waals surface area contributed by atoms with Crippen LogP contribution in [0, 0.1) is 0 Å². The summed E-state index contributed by atoms with van der Waals surface area (Å²) in [6.45, 7) is 0.485. The van der Waals surface area contributed by atoms with E-state index in [0.29, 0.717) is 11.4 Å². The summed E-state index contributed by atoms with van der Waals surface area (Å²) in [5.41, 5.74) is 4.86. The molecule has 7 heteroatoms. The number of para-hydroxylation sites is 1. The molecule has 0 fully saturated rings. The predicted molar refractivity (Wildman–Crippen MR) is 116 cm³/mol. The number of likely N-dealkylation sites (N-methyl/N-ethyl adjacent to an activating group) is 1. The van der Waals surface area contributed by atoms with Crippen molar-refractivity contribution in [2.45, 2.75) is 6.54 Å². The number of hydrogen-bond donors (Lipinski definition) is 1. The summed E-state index contributed by atoms with van der Waals surface area (Å²) in [4.78, 5) is 27.1. The third kappa shape index (κ3) is 5.43. The molecule has 0 aliphatic carbocycles. The fourth-order valence-electron chi connectivity index (χ4n) is 2.66. The van der Waals surface area contributed by atoms with Gasteiger partial charge in [-0.3, -0.25) is 20.0 Å². The first-order valence-electron chi connectivity index (χ1n) is 8.70. The number of nitrogens with zero attached hydrogens (tertiary/aromatic N) is 2. The zero-order chi connectivity index (χ0) is 19.9. The first kappa shape index (κ1) is 20.1. The average Bonchev–Trinajstić information content (AvgIpc) is 3.14. The predicted octanol–water partition coefficient (Wildman–Crippen LogP) is 4.32. The Hall–Kier alpha value is -2.64. The van der Waals surface area contributed by atoms with Crippen LogP contribution in [0.2, 0.25) is 0 Å². The molecule has 1 N–H and O–H groups in total. The number of hydrazine groups is 1. The minimum atomic E-state index is -0.258. The monoisotopic (exact) mass is 457 g/mol. The van der Waals surface area contributed by atoms with E-state index < -0.39 is 0 Å².